The van der Waals surface area contributed by atoms with Crippen molar-refractivity contribution in [3.8, 4) is 0 Å². The minimum Gasteiger partial charge on any atom is -0.383 e. The standard InChI is InChI=1S/C22H30N4O3/c1-2-3-13-25-20(23)19(21(28)24-22(25)29)26(15-17-11-5-4-6-12-17)18(27)14-16-9-7-8-10-16/h4-6,11-12,16H,2-3,7-10,13-15,23H2,1H3,(H,24,28,29). The van der Waals surface area contributed by atoms with Gasteiger partial charge in [-0.25, -0.2) is 4.79 Å². The maximum atomic E-state index is 13.2. The van der Waals surface area contributed by atoms with E-state index in [1.54, 1.807) is 0 Å². The number of benzene rings is 1. The van der Waals surface area contributed by atoms with Crippen molar-refractivity contribution < 1.29 is 4.79 Å². The molecule has 0 bridgehead atoms. The van der Waals surface area contributed by atoms with E-state index in [1.807, 2.05) is 37.3 Å². The van der Waals surface area contributed by atoms with Crippen LogP contribution in [0.5, 0.6) is 0 Å². The molecule has 0 saturated heterocycles. The summed E-state index contributed by atoms with van der Waals surface area (Å²) in [7, 11) is 0. The number of nitrogens with zero attached hydrogens (tertiary/aromatic N) is 2. The third-order valence-electron chi connectivity index (χ3n) is 5.64. The normalized spacial score (nSPS) is 14.2. The first kappa shape index (κ1) is 20.9. The van der Waals surface area contributed by atoms with E-state index in [0.717, 1.165) is 44.1 Å². The second kappa shape index (κ2) is 9.58. The van der Waals surface area contributed by atoms with E-state index in [2.05, 4.69) is 4.98 Å². The van der Waals surface area contributed by atoms with Gasteiger partial charge in [-0.2, -0.15) is 0 Å². The number of rotatable bonds is 8. The molecule has 29 heavy (non-hydrogen) atoms. The van der Waals surface area contributed by atoms with E-state index in [4.69, 9.17) is 5.73 Å². The highest BCUT2D eigenvalue weighted by Crippen LogP contribution is 2.30. The van der Waals surface area contributed by atoms with Gasteiger partial charge in [0.25, 0.3) is 5.56 Å². The molecule has 1 fully saturated rings. The fourth-order valence-corrected chi connectivity index (χ4v) is 4.01. The molecule has 0 aliphatic heterocycles. The van der Waals surface area contributed by atoms with Crippen molar-refractivity contribution in [1.29, 1.82) is 0 Å². The first-order valence-corrected chi connectivity index (χ1v) is 10.5. The van der Waals surface area contributed by atoms with Gasteiger partial charge in [-0.3, -0.25) is 19.1 Å². The molecule has 1 amide bonds. The van der Waals surface area contributed by atoms with Gasteiger partial charge in [0.05, 0.1) is 6.54 Å². The summed E-state index contributed by atoms with van der Waals surface area (Å²) in [6.45, 7) is 2.66. The van der Waals surface area contributed by atoms with Gasteiger partial charge in [-0.1, -0.05) is 56.5 Å². The molecule has 0 radical (unpaired) electrons. The second-order valence-corrected chi connectivity index (χ2v) is 7.82. The Morgan fingerprint density at radius 3 is 2.55 bits per heavy atom. The summed E-state index contributed by atoms with van der Waals surface area (Å²) in [4.78, 5) is 42.1. The molecular weight excluding hydrogens is 368 g/mol. The van der Waals surface area contributed by atoms with Crippen LogP contribution in [0.2, 0.25) is 0 Å². The molecule has 2 aromatic rings. The lowest BCUT2D eigenvalue weighted by Crippen LogP contribution is -2.41. The number of aromatic nitrogens is 2. The number of hydrogen-bond acceptors (Lipinski definition) is 4. The number of carbonyl (C=O) groups is 1. The molecule has 156 valence electrons. The zero-order chi connectivity index (χ0) is 20.8. The summed E-state index contributed by atoms with van der Waals surface area (Å²) in [6.07, 6.45) is 6.38. The summed E-state index contributed by atoms with van der Waals surface area (Å²) in [6, 6.07) is 9.51. The van der Waals surface area contributed by atoms with Crippen LogP contribution in [0.3, 0.4) is 0 Å². The number of aromatic amines is 1. The minimum atomic E-state index is -0.615. The lowest BCUT2D eigenvalue weighted by Gasteiger charge is -2.26. The summed E-state index contributed by atoms with van der Waals surface area (Å²) >= 11 is 0. The van der Waals surface area contributed by atoms with Crippen LogP contribution in [-0.4, -0.2) is 15.5 Å². The van der Waals surface area contributed by atoms with Crippen LogP contribution in [0.25, 0.3) is 0 Å². The fourth-order valence-electron chi connectivity index (χ4n) is 4.01. The summed E-state index contributed by atoms with van der Waals surface area (Å²) in [5, 5.41) is 0. The Balaban J connectivity index is 2.01. The quantitative estimate of drug-likeness (QED) is 0.713. The third kappa shape index (κ3) is 4.96. The van der Waals surface area contributed by atoms with Gasteiger partial charge in [0, 0.05) is 13.0 Å². The van der Waals surface area contributed by atoms with Gasteiger partial charge in [-0.15, -0.1) is 0 Å². The highest BCUT2D eigenvalue weighted by atomic mass is 16.2. The number of amides is 1. The molecule has 0 unspecified atom stereocenters. The Kier molecular flexibility index (Phi) is 6.90. The van der Waals surface area contributed by atoms with Crippen molar-refractivity contribution >= 4 is 17.4 Å². The van der Waals surface area contributed by atoms with Crippen LogP contribution in [0.15, 0.2) is 39.9 Å². The van der Waals surface area contributed by atoms with Gasteiger partial charge < -0.3 is 10.6 Å². The average Bonchev–Trinajstić information content (AvgIpc) is 3.20. The Labute approximate surface area is 170 Å². The topological polar surface area (TPSA) is 101 Å². The first-order chi connectivity index (χ1) is 14.0. The van der Waals surface area contributed by atoms with E-state index in [-0.39, 0.29) is 24.0 Å². The van der Waals surface area contributed by atoms with Crippen molar-refractivity contribution in [2.75, 3.05) is 10.6 Å². The predicted molar refractivity (Wildman–Crippen MR) is 115 cm³/mol. The molecule has 1 saturated carbocycles. The maximum absolute atomic E-state index is 13.2. The Bertz CT molecular complexity index is 943. The van der Waals surface area contributed by atoms with Crippen LogP contribution >= 0.6 is 0 Å². The maximum Gasteiger partial charge on any atom is 0.330 e. The minimum absolute atomic E-state index is 0.0582. The summed E-state index contributed by atoms with van der Waals surface area (Å²) < 4.78 is 1.36. The molecule has 0 atom stereocenters. The number of anilines is 2. The molecule has 7 nitrogen and oxygen atoms in total. The number of hydrogen-bond donors (Lipinski definition) is 2. The molecule has 0 spiro atoms. The smallest absolute Gasteiger partial charge is 0.330 e. The lowest BCUT2D eigenvalue weighted by atomic mass is 10.0. The van der Waals surface area contributed by atoms with Crippen molar-refractivity contribution in [2.24, 2.45) is 5.92 Å². The highest BCUT2D eigenvalue weighted by molar-refractivity contribution is 5.95. The van der Waals surface area contributed by atoms with Gasteiger partial charge in [0.2, 0.25) is 5.91 Å². The van der Waals surface area contributed by atoms with Crippen molar-refractivity contribution in [2.45, 2.75) is 65.0 Å². The van der Waals surface area contributed by atoms with E-state index in [9.17, 15) is 14.4 Å². The SMILES string of the molecule is CCCCn1c(N)c(N(Cc2ccccc2)C(=O)CC2CCCC2)c(=O)[nH]c1=O. The fraction of sp³-hybridized carbons (Fsp3) is 0.500. The molecule has 3 rings (SSSR count). The average molecular weight is 399 g/mol. The Morgan fingerprint density at radius 1 is 1.21 bits per heavy atom. The number of nitrogens with two attached hydrogens (primary N) is 1. The van der Waals surface area contributed by atoms with Crippen molar-refractivity contribution in [3.63, 3.8) is 0 Å². The molecule has 7 heteroatoms. The van der Waals surface area contributed by atoms with Gasteiger partial charge in [0.1, 0.15) is 5.82 Å². The number of carbonyl (C=O) groups excluding carboxylic acids is 1. The van der Waals surface area contributed by atoms with Crippen LogP contribution in [0, 0.1) is 5.92 Å². The van der Waals surface area contributed by atoms with Gasteiger partial charge in [0.15, 0.2) is 5.69 Å². The first-order valence-electron chi connectivity index (χ1n) is 10.5. The van der Waals surface area contributed by atoms with E-state index in [0.29, 0.717) is 18.9 Å². The largest absolute Gasteiger partial charge is 0.383 e. The predicted octanol–water partition coefficient (Wildman–Crippen LogP) is 3.03. The monoisotopic (exact) mass is 398 g/mol. The molecular formula is C22H30N4O3. The zero-order valence-corrected chi connectivity index (χ0v) is 17.0. The lowest BCUT2D eigenvalue weighted by molar-refractivity contribution is -0.119. The Morgan fingerprint density at radius 2 is 1.90 bits per heavy atom. The third-order valence-corrected chi connectivity index (χ3v) is 5.64. The van der Waals surface area contributed by atoms with Crippen LogP contribution in [0.4, 0.5) is 11.5 Å². The molecule has 1 aromatic carbocycles. The number of nitrogen functional groups attached to an aromatic ring is 1. The molecule has 1 aromatic heterocycles. The van der Waals surface area contributed by atoms with Crippen LogP contribution < -0.4 is 21.9 Å². The van der Waals surface area contributed by atoms with E-state index < -0.39 is 11.2 Å². The van der Waals surface area contributed by atoms with E-state index >= 15 is 0 Å². The summed E-state index contributed by atoms with van der Waals surface area (Å²) in [5.74, 6) is 0.272. The van der Waals surface area contributed by atoms with Crippen molar-refractivity contribution in [3.05, 3.63) is 56.7 Å². The second-order valence-electron chi connectivity index (χ2n) is 7.82. The number of unbranched alkanes of at least 4 members (excludes halogenated alkanes) is 1. The van der Waals surface area contributed by atoms with E-state index in [1.165, 1.54) is 9.47 Å². The highest BCUT2D eigenvalue weighted by Gasteiger charge is 2.27. The van der Waals surface area contributed by atoms with Gasteiger partial charge in [-0.05, 0) is 30.7 Å². The van der Waals surface area contributed by atoms with Crippen molar-refractivity contribution in [1.82, 2.24) is 9.55 Å². The van der Waals surface area contributed by atoms with Gasteiger partial charge >= 0.3 is 5.69 Å². The zero-order valence-electron chi connectivity index (χ0n) is 17.0. The summed E-state index contributed by atoms with van der Waals surface area (Å²) in [5.41, 5.74) is 6.10. The molecule has 1 heterocycles. The number of nitrogens with one attached hydrogen (secondary N) is 1. The molecule has 1 aliphatic carbocycles. The number of H-pyrrole nitrogens is 1. The van der Waals surface area contributed by atoms with Crippen LogP contribution in [-0.2, 0) is 17.9 Å². The van der Waals surface area contributed by atoms with Crippen LogP contribution in [0.1, 0.15) is 57.4 Å². The molecule has 3 N–H and O–H groups in total. The Hall–Kier alpha value is -2.83. The molecule has 1 aliphatic rings.